The molecule has 0 radical (unpaired) electrons. The fourth-order valence-electron chi connectivity index (χ4n) is 1.00. The molecule has 0 spiro atoms. The van der Waals surface area contributed by atoms with Gasteiger partial charge in [-0.05, 0) is 18.2 Å². The second-order valence-electron chi connectivity index (χ2n) is 2.85. The van der Waals surface area contributed by atoms with Gasteiger partial charge in [-0.3, -0.25) is 5.32 Å². The number of amides is 1. The number of anilines is 1. The first-order valence-electron chi connectivity index (χ1n) is 3.80. The van der Waals surface area contributed by atoms with Crippen molar-refractivity contribution in [3.05, 3.63) is 23.2 Å². The van der Waals surface area contributed by atoms with Gasteiger partial charge in [0.15, 0.2) is 9.84 Å². The highest BCUT2D eigenvalue weighted by Crippen LogP contribution is 2.24. The van der Waals surface area contributed by atoms with Crippen molar-refractivity contribution in [1.82, 2.24) is 0 Å². The van der Waals surface area contributed by atoms with Crippen LogP contribution < -0.4 is 5.32 Å². The molecular weight excluding hydrogens is 242 g/mol. The molecule has 1 aromatic carbocycles. The van der Waals surface area contributed by atoms with Crippen LogP contribution >= 0.6 is 11.6 Å². The Morgan fingerprint density at radius 1 is 1.47 bits per heavy atom. The quantitative estimate of drug-likeness (QED) is 0.838. The van der Waals surface area contributed by atoms with Crippen molar-refractivity contribution in [3.8, 4) is 0 Å². The number of carbonyl (C=O) groups is 1. The summed E-state index contributed by atoms with van der Waals surface area (Å²) < 4.78 is 22.3. The van der Waals surface area contributed by atoms with Crippen molar-refractivity contribution < 1.29 is 18.3 Å². The topological polar surface area (TPSA) is 83.5 Å². The van der Waals surface area contributed by atoms with Gasteiger partial charge in [0.2, 0.25) is 0 Å². The highest BCUT2D eigenvalue weighted by atomic mass is 35.5. The van der Waals surface area contributed by atoms with E-state index in [0.717, 1.165) is 6.26 Å². The molecule has 7 heteroatoms. The average molecular weight is 250 g/mol. The summed E-state index contributed by atoms with van der Waals surface area (Å²) in [6.45, 7) is 0. The molecule has 0 atom stereocenters. The number of sulfone groups is 1. The molecule has 0 unspecified atom stereocenters. The fourth-order valence-corrected chi connectivity index (χ4v) is 2.33. The maximum atomic E-state index is 11.2. The van der Waals surface area contributed by atoms with E-state index in [4.69, 9.17) is 16.7 Å². The van der Waals surface area contributed by atoms with Crippen molar-refractivity contribution in [3.63, 3.8) is 0 Å². The van der Waals surface area contributed by atoms with Crippen LogP contribution in [0.25, 0.3) is 0 Å². The Balaban J connectivity index is 3.15. The van der Waals surface area contributed by atoms with Gasteiger partial charge >= 0.3 is 6.09 Å². The molecule has 0 heterocycles. The number of hydrogen-bond acceptors (Lipinski definition) is 3. The second kappa shape index (κ2) is 4.08. The molecule has 0 bridgehead atoms. The lowest BCUT2D eigenvalue weighted by Gasteiger charge is -2.04. The molecule has 0 aliphatic carbocycles. The Bertz CT molecular complexity index is 497. The van der Waals surface area contributed by atoms with Gasteiger partial charge in [0.25, 0.3) is 0 Å². The lowest BCUT2D eigenvalue weighted by atomic mass is 10.3. The predicted octanol–water partition coefficient (Wildman–Crippen LogP) is 1.83. The normalized spacial score (nSPS) is 11.1. The van der Waals surface area contributed by atoms with Crippen molar-refractivity contribution in [2.24, 2.45) is 0 Å². The van der Waals surface area contributed by atoms with Crippen LogP contribution in [0.1, 0.15) is 0 Å². The average Bonchev–Trinajstić information content (AvgIpc) is 1.99. The zero-order chi connectivity index (χ0) is 11.6. The maximum absolute atomic E-state index is 11.2. The molecule has 0 aromatic heterocycles. The van der Waals surface area contributed by atoms with Gasteiger partial charge in [-0.15, -0.1) is 0 Å². The summed E-state index contributed by atoms with van der Waals surface area (Å²) >= 11 is 5.69. The smallest absolute Gasteiger partial charge is 0.409 e. The summed E-state index contributed by atoms with van der Waals surface area (Å²) in [4.78, 5) is 10.3. The Morgan fingerprint density at radius 3 is 2.47 bits per heavy atom. The van der Waals surface area contributed by atoms with Crippen LogP contribution in [0, 0.1) is 0 Å². The van der Waals surface area contributed by atoms with Crippen molar-refractivity contribution >= 4 is 33.2 Å². The molecule has 82 valence electrons. The summed E-state index contributed by atoms with van der Waals surface area (Å²) in [7, 11) is -3.39. The van der Waals surface area contributed by atoms with Gasteiger partial charge in [0, 0.05) is 11.9 Å². The fraction of sp³-hybridized carbons (Fsp3) is 0.125. The highest BCUT2D eigenvalue weighted by Gasteiger charge is 2.12. The van der Waals surface area contributed by atoms with Gasteiger partial charge in [0.05, 0.1) is 9.92 Å². The molecule has 0 aliphatic heterocycles. The van der Waals surface area contributed by atoms with Gasteiger partial charge < -0.3 is 5.11 Å². The standard InChI is InChI=1S/C8H8ClNO4S/c1-15(13,14)7-3-2-5(4-6(7)9)10-8(11)12/h2-4,10H,1H3,(H,11,12). The minimum atomic E-state index is -3.39. The summed E-state index contributed by atoms with van der Waals surface area (Å²) in [5, 5.41) is 10.5. The second-order valence-corrected chi connectivity index (χ2v) is 5.24. The summed E-state index contributed by atoms with van der Waals surface area (Å²) in [5.41, 5.74) is 0.222. The van der Waals surface area contributed by atoms with E-state index >= 15 is 0 Å². The van der Waals surface area contributed by atoms with Crippen LogP contribution in [0.3, 0.4) is 0 Å². The van der Waals surface area contributed by atoms with E-state index in [1.165, 1.54) is 18.2 Å². The molecule has 2 N–H and O–H groups in total. The molecule has 0 saturated heterocycles. The first-order chi connectivity index (χ1) is 6.80. The largest absolute Gasteiger partial charge is 0.465 e. The number of carboxylic acid groups (broad SMARTS) is 1. The lowest BCUT2D eigenvalue weighted by molar-refractivity contribution is 0.210. The van der Waals surface area contributed by atoms with Crippen LogP contribution in [0.5, 0.6) is 0 Å². The predicted molar refractivity (Wildman–Crippen MR) is 56.2 cm³/mol. The number of rotatable bonds is 2. The van der Waals surface area contributed by atoms with Crippen molar-refractivity contribution in [2.75, 3.05) is 11.6 Å². The lowest BCUT2D eigenvalue weighted by Crippen LogP contribution is -2.07. The van der Waals surface area contributed by atoms with Crippen molar-refractivity contribution in [1.29, 1.82) is 0 Å². The molecule has 0 fully saturated rings. The first-order valence-corrected chi connectivity index (χ1v) is 6.07. The molecule has 1 aromatic rings. The van der Waals surface area contributed by atoms with E-state index in [1.54, 1.807) is 0 Å². The molecule has 1 amide bonds. The zero-order valence-electron chi connectivity index (χ0n) is 7.69. The molecule has 0 saturated carbocycles. The highest BCUT2D eigenvalue weighted by molar-refractivity contribution is 7.90. The Morgan fingerprint density at radius 2 is 2.07 bits per heavy atom. The SMILES string of the molecule is CS(=O)(=O)c1ccc(NC(=O)O)cc1Cl. The molecular formula is C8H8ClNO4S. The number of halogens is 1. The minimum absolute atomic E-state index is 0.0104. The minimum Gasteiger partial charge on any atom is -0.465 e. The van der Waals surface area contributed by atoms with Crippen LogP contribution in [0.2, 0.25) is 5.02 Å². The zero-order valence-corrected chi connectivity index (χ0v) is 9.26. The van der Waals surface area contributed by atoms with E-state index in [2.05, 4.69) is 5.32 Å². The van der Waals surface area contributed by atoms with E-state index in [9.17, 15) is 13.2 Å². The summed E-state index contributed by atoms with van der Waals surface area (Å²) in [6, 6.07) is 3.82. The van der Waals surface area contributed by atoms with E-state index < -0.39 is 15.9 Å². The van der Waals surface area contributed by atoms with Crippen LogP contribution in [0.15, 0.2) is 23.1 Å². The third kappa shape index (κ3) is 3.10. The van der Waals surface area contributed by atoms with Crippen LogP contribution in [0.4, 0.5) is 10.5 Å². The Hall–Kier alpha value is -1.27. The summed E-state index contributed by atoms with van der Waals surface area (Å²) in [5.74, 6) is 0. The number of benzene rings is 1. The molecule has 0 aliphatic rings. The van der Waals surface area contributed by atoms with E-state index in [-0.39, 0.29) is 15.6 Å². The van der Waals surface area contributed by atoms with Gasteiger partial charge in [-0.25, -0.2) is 13.2 Å². The maximum Gasteiger partial charge on any atom is 0.409 e. The Labute approximate surface area is 91.6 Å². The van der Waals surface area contributed by atoms with E-state index in [1.807, 2.05) is 0 Å². The molecule has 5 nitrogen and oxygen atoms in total. The van der Waals surface area contributed by atoms with Crippen LogP contribution in [-0.4, -0.2) is 25.9 Å². The summed E-state index contributed by atoms with van der Waals surface area (Å²) in [6.07, 6.45) is -0.212. The first kappa shape index (κ1) is 11.8. The molecule has 15 heavy (non-hydrogen) atoms. The number of nitrogens with one attached hydrogen (secondary N) is 1. The van der Waals surface area contributed by atoms with Crippen molar-refractivity contribution in [2.45, 2.75) is 4.90 Å². The third-order valence-corrected chi connectivity index (χ3v) is 3.16. The molecule has 1 rings (SSSR count). The van der Waals surface area contributed by atoms with Gasteiger partial charge in [-0.2, -0.15) is 0 Å². The third-order valence-electron chi connectivity index (χ3n) is 1.58. The number of hydrogen-bond donors (Lipinski definition) is 2. The monoisotopic (exact) mass is 249 g/mol. The Kier molecular flexibility index (Phi) is 3.21. The van der Waals surface area contributed by atoms with Gasteiger partial charge in [-0.1, -0.05) is 11.6 Å². The van der Waals surface area contributed by atoms with Gasteiger partial charge in [0.1, 0.15) is 0 Å². The van der Waals surface area contributed by atoms with Crippen LogP contribution in [-0.2, 0) is 9.84 Å². The van der Waals surface area contributed by atoms with E-state index in [0.29, 0.717) is 0 Å².